The number of anilines is 1. The highest BCUT2D eigenvalue weighted by atomic mass is 32.1. The molecule has 1 aliphatic heterocycles. The highest BCUT2D eigenvalue weighted by molar-refractivity contribution is 7.16. The second-order valence-electron chi connectivity index (χ2n) is 7.88. The molecule has 0 atom stereocenters. The van der Waals surface area contributed by atoms with Crippen LogP contribution >= 0.6 is 11.3 Å². The van der Waals surface area contributed by atoms with Crippen molar-refractivity contribution in [3.05, 3.63) is 58.4 Å². The third-order valence-corrected chi connectivity index (χ3v) is 6.59. The Morgan fingerprint density at radius 1 is 1.19 bits per heavy atom. The lowest BCUT2D eigenvalue weighted by atomic mass is 9.99. The van der Waals surface area contributed by atoms with E-state index in [1.165, 1.54) is 11.3 Å². The van der Waals surface area contributed by atoms with E-state index in [2.05, 4.69) is 15.3 Å². The smallest absolute Gasteiger partial charge is 0.259 e. The lowest BCUT2D eigenvalue weighted by Gasteiger charge is -2.15. The summed E-state index contributed by atoms with van der Waals surface area (Å²) in [5.41, 5.74) is 3.73. The number of hydrogen-bond donors (Lipinski definition) is 1. The molecule has 0 unspecified atom stereocenters. The predicted molar refractivity (Wildman–Crippen MR) is 118 cm³/mol. The summed E-state index contributed by atoms with van der Waals surface area (Å²) in [6.07, 6.45) is 3.58. The molecule has 1 aliphatic carbocycles. The number of nitrogens with zero attached hydrogens (tertiary/aromatic N) is 3. The molecule has 7 nitrogen and oxygen atoms in total. The average molecular weight is 435 g/mol. The minimum absolute atomic E-state index is 0.204. The van der Waals surface area contributed by atoms with E-state index < -0.39 is 0 Å². The second-order valence-corrected chi connectivity index (χ2v) is 8.97. The topological polar surface area (TPSA) is 84.4 Å². The van der Waals surface area contributed by atoms with Gasteiger partial charge in [0.15, 0.2) is 5.13 Å². The van der Waals surface area contributed by atoms with Gasteiger partial charge < -0.3 is 9.64 Å². The number of fused-ring (bicyclic) bond motifs is 1. The first kappa shape index (κ1) is 19.7. The van der Waals surface area contributed by atoms with Gasteiger partial charge in [0, 0.05) is 28.9 Å². The van der Waals surface area contributed by atoms with Crippen molar-refractivity contribution < 1.29 is 14.3 Å². The Hall–Kier alpha value is -3.26. The Bertz CT molecular complexity index is 1160. The molecule has 0 saturated heterocycles. The summed E-state index contributed by atoms with van der Waals surface area (Å²) in [5.74, 6) is 0.848. The molecule has 3 aromatic rings. The fraction of sp³-hybridized carbons (Fsp3) is 0.304. The lowest BCUT2D eigenvalue weighted by molar-refractivity contribution is -0.133. The minimum atomic E-state index is -0.272. The summed E-state index contributed by atoms with van der Waals surface area (Å²) in [7, 11) is 1.61. The highest BCUT2D eigenvalue weighted by Gasteiger charge is 2.37. The summed E-state index contributed by atoms with van der Waals surface area (Å²) in [4.78, 5) is 37.2. The van der Waals surface area contributed by atoms with Crippen molar-refractivity contribution in [2.24, 2.45) is 5.92 Å². The van der Waals surface area contributed by atoms with Gasteiger partial charge in [0.05, 0.1) is 36.3 Å². The van der Waals surface area contributed by atoms with Gasteiger partial charge in [-0.15, -0.1) is 0 Å². The zero-order valence-electron chi connectivity index (χ0n) is 17.3. The van der Waals surface area contributed by atoms with Crippen LogP contribution in [-0.4, -0.2) is 33.8 Å². The SMILES string of the molecule is COc1ccccc1-c1cc(C)ncc1C(=O)Nc1nc2c(s1)CN(C(=O)C1CC1)C2. The Kier molecular flexibility index (Phi) is 4.94. The minimum Gasteiger partial charge on any atom is -0.496 e. The van der Waals surface area contributed by atoms with Crippen LogP contribution in [0.15, 0.2) is 36.5 Å². The summed E-state index contributed by atoms with van der Waals surface area (Å²) in [5, 5.41) is 3.46. The first-order valence-corrected chi connectivity index (χ1v) is 11.0. The maximum absolute atomic E-state index is 13.1. The molecule has 1 N–H and O–H groups in total. The molecule has 0 spiro atoms. The van der Waals surface area contributed by atoms with Crippen molar-refractivity contribution in [3.63, 3.8) is 0 Å². The zero-order valence-corrected chi connectivity index (χ0v) is 18.2. The quantitative estimate of drug-likeness (QED) is 0.656. The van der Waals surface area contributed by atoms with E-state index in [0.29, 0.717) is 29.5 Å². The number of methoxy groups -OCH3 is 1. The number of hydrogen-bond acceptors (Lipinski definition) is 6. The van der Waals surface area contributed by atoms with E-state index in [1.54, 1.807) is 13.3 Å². The third kappa shape index (κ3) is 3.79. The molecule has 158 valence electrons. The molecule has 2 amide bonds. The summed E-state index contributed by atoms with van der Waals surface area (Å²) < 4.78 is 5.49. The molecule has 3 heterocycles. The number of aromatic nitrogens is 2. The van der Waals surface area contributed by atoms with Gasteiger partial charge in [-0.3, -0.25) is 19.9 Å². The summed E-state index contributed by atoms with van der Waals surface area (Å²) >= 11 is 1.43. The Balaban J connectivity index is 1.38. The summed E-state index contributed by atoms with van der Waals surface area (Å²) in [6, 6.07) is 9.48. The van der Waals surface area contributed by atoms with Crippen LogP contribution in [-0.2, 0) is 17.9 Å². The normalized spacial score (nSPS) is 15.0. The van der Waals surface area contributed by atoms with E-state index in [-0.39, 0.29) is 17.7 Å². The standard InChI is InChI=1S/C23H22N4O3S/c1-13-9-16(15-5-3-4-6-19(15)30-2)17(10-24-13)21(28)26-23-25-18-11-27(12-20(18)31-23)22(29)14-7-8-14/h3-6,9-10,14H,7-8,11-12H2,1-2H3,(H,25,26,28). The van der Waals surface area contributed by atoms with Crippen LogP contribution in [0.2, 0.25) is 0 Å². The molecule has 1 fully saturated rings. The van der Waals surface area contributed by atoms with Crippen LogP contribution < -0.4 is 10.1 Å². The van der Waals surface area contributed by atoms with Gasteiger partial charge in [-0.25, -0.2) is 4.98 Å². The summed E-state index contributed by atoms with van der Waals surface area (Å²) in [6.45, 7) is 2.99. The van der Waals surface area contributed by atoms with E-state index in [9.17, 15) is 9.59 Å². The van der Waals surface area contributed by atoms with Crippen molar-refractivity contribution in [3.8, 4) is 16.9 Å². The van der Waals surface area contributed by atoms with Gasteiger partial charge in [-0.05, 0) is 31.9 Å². The van der Waals surface area contributed by atoms with E-state index in [0.717, 1.165) is 40.2 Å². The number of carbonyl (C=O) groups is 2. The number of benzene rings is 1. The number of aryl methyl sites for hydroxylation is 1. The molecule has 1 saturated carbocycles. The van der Waals surface area contributed by atoms with Crippen LogP contribution in [0.3, 0.4) is 0 Å². The number of para-hydroxylation sites is 1. The number of pyridine rings is 1. The monoisotopic (exact) mass is 434 g/mol. The van der Waals surface area contributed by atoms with Crippen molar-refractivity contribution in [1.82, 2.24) is 14.9 Å². The van der Waals surface area contributed by atoms with Crippen molar-refractivity contribution in [2.45, 2.75) is 32.9 Å². The Labute approximate surface area is 184 Å². The number of carbonyl (C=O) groups excluding carboxylic acids is 2. The first-order chi connectivity index (χ1) is 15.0. The fourth-order valence-electron chi connectivity index (χ4n) is 3.83. The molecule has 2 aromatic heterocycles. The fourth-order valence-corrected chi connectivity index (χ4v) is 4.81. The average Bonchev–Trinajstić information content (AvgIpc) is 3.45. The van der Waals surface area contributed by atoms with Crippen molar-refractivity contribution in [1.29, 1.82) is 0 Å². The van der Waals surface area contributed by atoms with Gasteiger partial charge in [-0.2, -0.15) is 0 Å². The van der Waals surface area contributed by atoms with Crippen LogP contribution in [0, 0.1) is 12.8 Å². The largest absolute Gasteiger partial charge is 0.496 e. The maximum Gasteiger partial charge on any atom is 0.259 e. The van der Waals surface area contributed by atoms with Crippen LogP contribution in [0.25, 0.3) is 11.1 Å². The van der Waals surface area contributed by atoms with Gasteiger partial charge in [0.2, 0.25) is 5.91 Å². The molecule has 8 heteroatoms. The molecule has 5 rings (SSSR count). The van der Waals surface area contributed by atoms with E-state index in [1.807, 2.05) is 42.2 Å². The number of amides is 2. The number of rotatable bonds is 5. The van der Waals surface area contributed by atoms with Crippen LogP contribution in [0.4, 0.5) is 5.13 Å². The number of ether oxygens (including phenoxy) is 1. The Morgan fingerprint density at radius 2 is 2.00 bits per heavy atom. The van der Waals surface area contributed by atoms with Crippen molar-refractivity contribution in [2.75, 3.05) is 12.4 Å². The third-order valence-electron chi connectivity index (χ3n) is 5.59. The molecule has 31 heavy (non-hydrogen) atoms. The van der Waals surface area contributed by atoms with Crippen LogP contribution in [0.1, 0.15) is 39.5 Å². The number of nitrogens with one attached hydrogen (secondary N) is 1. The maximum atomic E-state index is 13.1. The molecular formula is C23H22N4O3S. The molecule has 0 radical (unpaired) electrons. The van der Waals surface area contributed by atoms with Crippen molar-refractivity contribution >= 4 is 28.3 Å². The van der Waals surface area contributed by atoms with Crippen LogP contribution in [0.5, 0.6) is 5.75 Å². The van der Waals surface area contributed by atoms with Gasteiger partial charge in [0.1, 0.15) is 5.75 Å². The molecule has 0 bridgehead atoms. The van der Waals surface area contributed by atoms with E-state index >= 15 is 0 Å². The lowest BCUT2D eigenvalue weighted by Crippen LogP contribution is -2.26. The molecular weight excluding hydrogens is 412 g/mol. The first-order valence-electron chi connectivity index (χ1n) is 10.2. The molecule has 1 aromatic carbocycles. The molecule has 2 aliphatic rings. The highest BCUT2D eigenvalue weighted by Crippen LogP contribution is 2.37. The van der Waals surface area contributed by atoms with E-state index in [4.69, 9.17) is 4.74 Å². The second kappa shape index (κ2) is 7.77. The predicted octanol–water partition coefficient (Wildman–Crippen LogP) is 4.03. The Morgan fingerprint density at radius 3 is 2.74 bits per heavy atom. The zero-order chi connectivity index (χ0) is 21.5. The van der Waals surface area contributed by atoms with Gasteiger partial charge in [0.25, 0.3) is 5.91 Å². The van der Waals surface area contributed by atoms with Gasteiger partial charge >= 0.3 is 0 Å². The number of thiazole rings is 1. The van der Waals surface area contributed by atoms with Gasteiger partial charge in [-0.1, -0.05) is 29.5 Å².